The number of hydrogen-bond donors (Lipinski definition) is 3. The van der Waals surface area contributed by atoms with Crippen molar-refractivity contribution in [2.45, 2.75) is 36.3 Å². The molecule has 0 aliphatic heterocycles. The fourth-order valence-corrected chi connectivity index (χ4v) is 3.62. The Morgan fingerprint density at radius 1 is 1.04 bits per heavy atom. The molecule has 3 N–H and O–H groups in total. The Labute approximate surface area is 161 Å². The van der Waals surface area contributed by atoms with Gasteiger partial charge in [-0.2, -0.15) is 0 Å². The van der Waals surface area contributed by atoms with Crippen LogP contribution in [0.25, 0.3) is 0 Å². The van der Waals surface area contributed by atoms with E-state index in [0.29, 0.717) is 17.9 Å². The number of carbonyl (C=O) groups is 1. The summed E-state index contributed by atoms with van der Waals surface area (Å²) in [5.74, 6) is 0.551. The zero-order valence-corrected chi connectivity index (χ0v) is 16.6. The van der Waals surface area contributed by atoms with E-state index in [1.165, 1.54) is 0 Å². The van der Waals surface area contributed by atoms with Crippen molar-refractivity contribution in [3.05, 3.63) is 54.1 Å². The van der Waals surface area contributed by atoms with E-state index in [-0.39, 0.29) is 11.3 Å². The number of aliphatic carboxylic acids is 1. The van der Waals surface area contributed by atoms with Gasteiger partial charge in [0.25, 0.3) is 0 Å². The normalized spacial score (nSPS) is 13.9. The maximum atomic E-state index is 11.7. The highest BCUT2D eigenvalue weighted by Crippen LogP contribution is 2.28. The van der Waals surface area contributed by atoms with E-state index in [1.807, 2.05) is 55.5 Å². The average Bonchev–Trinajstić information content (AvgIpc) is 2.49. The van der Waals surface area contributed by atoms with Crippen LogP contribution in [0.15, 0.2) is 48.5 Å². The largest absolute Gasteiger partial charge is 0.508 e. The summed E-state index contributed by atoms with van der Waals surface area (Å²) in [6.07, 6.45) is 0.347. The Hall–Kier alpha value is -1.80. The molecular weight excluding hydrogens is 433 g/mol. The van der Waals surface area contributed by atoms with Crippen molar-refractivity contribution >= 4 is 28.6 Å². The molecule has 1 atom stereocenters. The molecule has 0 saturated heterocycles. The third-order valence-electron chi connectivity index (χ3n) is 3.36. The molecule has 0 fully saturated rings. The number of phenolic OH excluding ortho intramolecular Hbond substituents is 1. The zero-order valence-electron chi connectivity index (χ0n) is 14.4. The van der Waals surface area contributed by atoms with Crippen molar-refractivity contribution in [2.75, 3.05) is 0 Å². The number of halogens is 1. The molecular formula is C19H22INO4. The van der Waals surface area contributed by atoms with Crippen LogP contribution in [0, 0.1) is 0 Å². The molecule has 0 saturated carbocycles. The lowest BCUT2D eigenvalue weighted by Gasteiger charge is -2.33. The lowest BCUT2D eigenvalue weighted by Crippen LogP contribution is -2.56. The Morgan fingerprint density at radius 3 is 1.96 bits per heavy atom. The Morgan fingerprint density at radius 2 is 1.52 bits per heavy atom. The van der Waals surface area contributed by atoms with Gasteiger partial charge in [-0.25, -0.2) is 4.79 Å². The summed E-state index contributed by atoms with van der Waals surface area (Å²) in [7, 11) is 0. The van der Waals surface area contributed by atoms with Gasteiger partial charge in [0.05, 0.1) is 0 Å². The first kappa shape index (κ1) is 19.5. The number of nitrogens with one attached hydrogen (secondary N) is 1. The molecule has 0 spiro atoms. The number of hydrogen-bond acceptors (Lipinski definition) is 4. The van der Waals surface area contributed by atoms with E-state index in [9.17, 15) is 15.0 Å². The van der Waals surface area contributed by atoms with Crippen molar-refractivity contribution in [3.8, 4) is 17.2 Å². The van der Waals surface area contributed by atoms with E-state index in [0.717, 1.165) is 5.56 Å². The first-order chi connectivity index (χ1) is 11.6. The van der Waals surface area contributed by atoms with Crippen molar-refractivity contribution in [3.63, 3.8) is 0 Å². The zero-order chi connectivity index (χ0) is 18.7. The molecule has 2 aromatic carbocycles. The van der Waals surface area contributed by atoms with Crippen LogP contribution in [0.2, 0.25) is 0 Å². The van der Waals surface area contributed by atoms with Gasteiger partial charge in [-0.1, -0.05) is 12.1 Å². The molecule has 25 heavy (non-hydrogen) atoms. The first-order valence-electron chi connectivity index (χ1n) is 7.85. The molecule has 2 rings (SSSR count). The summed E-state index contributed by atoms with van der Waals surface area (Å²) in [5, 5.41) is 22.1. The van der Waals surface area contributed by atoms with Gasteiger partial charge in [0.2, 0.25) is 0 Å². The van der Waals surface area contributed by atoms with Gasteiger partial charge in [-0.3, -0.25) is 5.32 Å². The third-order valence-corrected chi connectivity index (χ3v) is 4.47. The van der Waals surface area contributed by atoms with Crippen LogP contribution in [0.1, 0.15) is 26.3 Å². The summed E-state index contributed by atoms with van der Waals surface area (Å²) >= 11 is 1.96. The lowest BCUT2D eigenvalue weighted by atomic mass is 10.0. The Kier molecular flexibility index (Phi) is 5.95. The molecule has 6 heteroatoms. The average molecular weight is 455 g/mol. The minimum atomic E-state index is -1.09. The van der Waals surface area contributed by atoms with Crippen molar-refractivity contribution in [1.29, 1.82) is 0 Å². The summed E-state index contributed by atoms with van der Waals surface area (Å²) in [6, 6.07) is 13.8. The van der Waals surface area contributed by atoms with Crippen LogP contribution in [0.4, 0.5) is 0 Å². The second-order valence-corrected chi connectivity index (χ2v) is 8.74. The predicted molar refractivity (Wildman–Crippen MR) is 106 cm³/mol. The molecule has 0 aliphatic rings. The molecule has 0 amide bonds. The highest BCUT2D eigenvalue weighted by Gasteiger charge is 2.38. The fraction of sp³-hybridized carbons (Fsp3) is 0.316. The summed E-state index contributed by atoms with van der Waals surface area (Å²) < 4.78 is 4.61. The maximum Gasteiger partial charge on any atom is 0.334 e. The predicted octanol–water partition coefficient (Wildman–Crippen LogP) is 4.33. The van der Waals surface area contributed by atoms with E-state index < -0.39 is 9.51 Å². The summed E-state index contributed by atoms with van der Waals surface area (Å²) in [4.78, 5) is 11.7. The quantitative estimate of drug-likeness (QED) is 0.344. The second-order valence-electron chi connectivity index (χ2n) is 6.90. The van der Waals surface area contributed by atoms with Crippen molar-refractivity contribution in [2.24, 2.45) is 0 Å². The van der Waals surface area contributed by atoms with Crippen molar-refractivity contribution in [1.82, 2.24) is 5.32 Å². The standard InChI is InChI=1S/C19H22INO4/c1-18(2,3)21-19(20,17(23)24)12-13-4-8-15(9-5-13)25-16-10-6-14(22)7-11-16/h4-11,21-22H,12H2,1-3H3,(H,23,24)/t19-/m0/s1. The highest BCUT2D eigenvalue weighted by atomic mass is 127. The van der Waals surface area contributed by atoms with Gasteiger partial charge in [-0.05, 0) is 85.3 Å². The maximum absolute atomic E-state index is 11.7. The molecule has 0 aliphatic carbocycles. The van der Waals surface area contributed by atoms with Gasteiger partial charge in [0.15, 0.2) is 3.55 Å². The molecule has 0 heterocycles. The SMILES string of the molecule is CC(C)(C)N[C@@](I)(Cc1ccc(Oc2ccc(O)cc2)cc1)C(=O)O. The molecule has 0 unspecified atom stereocenters. The minimum Gasteiger partial charge on any atom is -0.508 e. The number of phenols is 1. The van der Waals surface area contributed by atoms with Gasteiger partial charge >= 0.3 is 5.97 Å². The fourth-order valence-electron chi connectivity index (χ4n) is 2.37. The third kappa shape index (κ3) is 5.89. The number of ether oxygens (including phenoxy) is 1. The minimum absolute atomic E-state index is 0.182. The van der Waals surface area contributed by atoms with Gasteiger partial charge in [0, 0.05) is 12.0 Å². The number of aromatic hydroxyl groups is 1. The molecule has 0 aromatic heterocycles. The number of carboxylic acid groups (broad SMARTS) is 1. The molecule has 5 nitrogen and oxygen atoms in total. The van der Waals surface area contributed by atoms with Crippen LogP contribution in [0.3, 0.4) is 0 Å². The van der Waals surface area contributed by atoms with Gasteiger partial charge in [0.1, 0.15) is 17.2 Å². The van der Waals surface area contributed by atoms with Crippen LogP contribution in [-0.4, -0.2) is 25.3 Å². The molecule has 0 radical (unpaired) electrons. The Bertz CT molecular complexity index is 723. The van der Waals surface area contributed by atoms with Crippen molar-refractivity contribution < 1.29 is 19.7 Å². The molecule has 134 valence electrons. The van der Waals surface area contributed by atoms with E-state index in [1.54, 1.807) is 36.4 Å². The highest BCUT2D eigenvalue weighted by molar-refractivity contribution is 14.1. The number of rotatable bonds is 6. The Balaban J connectivity index is 2.10. The van der Waals surface area contributed by atoms with Crippen LogP contribution in [-0.2, 0) is 11.2 Å². The number of carboxylic acids is 1. The summed E-state index contributed by atoms with van der Waals surface area (Å²) in [6.45, 7) is 5.83. The van der Waals surface area contributed by atoms with Crippen LogP contribution >= 0.6 is 22.6 Å². The van der Waals surface area contributed by atoms with E-state index in [2.05, 4.69) is 5.32 Å². The van der Waals surface area contributed by atoms with E-state index >= 15 is 0 Å². The van der Waals surface area contributed by atoms with Gasteiger partial charge < -0.3 is 14.9 Å². The van der Waals surface area contributed by atoms with Crippen LogP contribution in [0.5, 0.6) is 17.2 Å². The monoisotopic (exact) mass is 455 g/mol. The van der Waals surface area contributed by atoms with E-state index in [4.69, 9.17) is 4.74 Å². The first-order valence-corrected chi connectivity index (χ1v) is 8.93. The second kappa shape index (κ2) is 7.61. The van der Waals surface area contributed by atoms with Gasteiger partial charge in [-0.15, -0.1) is 0 Å². The lowest BCUT2D eigenvalue weighted by molar-refractivity contribution is -0.140. The molecule has 2 aromatic rings. The molecule has 0 bridgehead atoms. The van der Waals surface area contributed by atoms with Crippen LogP contribution < -0.4 is 10.1 Å². The smallest absolute Gasteiger partial charge is 0.334 e. The number of alkyl halides is 1. The topological polar surface area (TPSA) is 78.8 Å². The summed E-state index contributed by atoms with van der Waals surface area (Å²) in [5.41, 5.74) is 0.577. The number of benzene rings is 2.